The quantitative estimate of drug-likeness (QED) is 0.0994. The normalized spacial score (nSPS) is 19.9. The summed E-state index contributed by atoms with van der Waals surface area (Å²) in [5.41, 5.74) is 5.78. The molecule has 0 radical (unpaired) electrons. The molecule has 14 nitrogen and oxygen atoms in total. The highest BCUT2D eigenvalue weighted by atomic mass is 28.3. The van der Waals surface area contributed by atoms with Crippen LogP contribution in [0, 0.1) is 11.8 Å². The summed E-state index contributed by atoms with van der Waals surface area (Å²) in [6.07, 6.45) is 5.76. The van der Waals surface area contributed by atoms with Gasteiger partial charge in [0, 0.05) is 18.1 Å². The van der Waals surface area contributed by atoms with Gasteiger partial charge in [-0.05, 0) is 71.4 Å². The van der Waals surface area contributed by atoms with Crippen molar-refractivity contribution in [3.8, 4) is 22.4 Å². The molecule has 4 heterocycles. The Kier molecular flexibility index (Phi) is 11.0. The van der Waals surface area contributed by atoms with Crippen LogP contribution in [0.5, 0.6) is 0 Å². The Morgan fingerprint density at radius 3 is 2.25 bits per heavy atom. The molecule has 8 rings (SSSR count). The van der Waals surface area contributed by atoms with E-state index < -0.39 is 32.3 Å². The summed E-state index contributed by atoms with van der Waals surface area (Å²) in [5, 5.41) is 7.61. The minimum absolute atomic E-state index is 0.0833. The van der Waals surface area contributed by atoms with E-state index in [0.29, 0.717) is 25.1 Å². The standard InChI is InChI=1S/C44H54N8O6Si/c1-25(2)37(50-44(56)58-4)42(54)52-24-59(5,6)23-36(52)40-46-32-18-16-30-21-29(15-17-31(30)38(32)49-40)27-11-13-28(14-12-27)34-22-45-39(47-34)35-8-7-19-51(35)41(53)33(20-26-9-10-26)48-43(55)57-3/h11-18,21-22,25-26,33,35-37H,7-10,19-20,23-24H2,1-6H3,(H,45,47)(H,46,49)(H,48,55)(H,50,56)/t33-,35-,36+,37+/m0/s1. The number of imidazole rings is 2. The fourth-order valence-electron chi connectivity index (χ4n) is 8.90. The third kappa shape index (κ3) is 8.29. The van der Waals surface area contributed by atoms with Crippen LogP contribution in [0.4, 0.5) is 9.59 Å². The highest BCUT2D eigenvalue weighted by Crippen LogP contribution is 2.40. The van der Waals surface area contributed by atoms with Crippen LogP contribution in [0.2, 0.25) is 19.1 Å². The number of carbonyl (C=O) groups is 4. The second-order valence-corrected chi connectivity index (χ2v) is 22.6. The number of fused-ring (bicyclic) bond motifs is 3. The van der Waals surface area contributed by atoms with Crippen LogP contribution in [0.3, 0.4) is 0 Å². The smallest absolute Gasteiger partial charge is 0.407 e. The summed E-state index contributed by atoms with van der Waals surface area (Å²) >= 11 is 0. The molecule has 3 aliphatic rings. The molecule has 0 bridgehead atoms. The Labute approximate surface area is 344 Å². The number of benzene rings is 3. The minimum Gasteiger partial charge on any atom is -0.453 e. The maximum atomic E-state index is 14.0. The molecule has 1 saturated carbocycles. The zero-order chi connectivity index (χ0) is 41.6. The van der Waals surface area contributed by atoms with E-state index in [1.165, 1.54) is 14.2 Å². The van der Waals surface area contributed by atoms with Gasteiger partial charge >= 0.3 is 12.2 Å². The van der Waals surface area contributed by atoms with Crippen molar-refractivity contribution in [2.24, 2.45) is 11.8 Å². The van der Waals surface area contributed by atoms with Crippen molar-refractivity contribution in [3.05, 3.63) is 72.4 Å². The Bertz CT molecular complexity index is 2390. The fourth-order valence-corrected chi connectivity index (χ4v) is 11.8. The van der Waals surface area contributed by atoms with Crippen molar-refractivity contribution in [1.82, 2.24) is 40.4 Å². The van der Waals surface area contributed by atoms with Crippen molar-refractivity contribution in [2.45, 2.75) is 89.3 Å². The number of hydrogen-bond donors (Lipinski definition) is 4. The molecule has 0 unspecified atom stereocenters. The molecule has 0 spiro atoms. The van der Waals surface area contributed by atoms with E-state index in [0.717, 1.165) is 87.6 Å². The van der Waals surface area contributed by atoms with E-state index in [9.17, 15) is 19.2 Å². The molecule has 3 fully saturated rings. The lowest BCUT2D eigenvalue weighted by molar-refractivity contribution is -0.135. The number of nitrogens with zero attached hydrogens (tertiary/aromatic N) is 4. The van der Waals surface area contributed by atoms with Gasteiger partial charge in [-0.15, -0.1) is 0 Å². The van der Waals surface area contributed by atoms with E-state index in [1.54, 1.807) is 0 Å². The number of H-pyrrole nitrogens is 2. The van der Waals surface area contributed by atoms with E-state index in [1.807, 2.05) is 29.8 Å². The number of aromatic nitrogens is 4. The average molecular weight is 819 g/mol. The number of carbonyl (C=O) groups excluding carboxylic acids is 4. The second kappa shape index (κ2) is 16.2. The van der Waals surface area contributed by atoms with Gasteiger partial charge in [-0.1, -0.05) is 82.2 Å². The van der Waals surface area contributed by atoms with Crippen molar-refractivity contribution >= 4 is 53.9 Å². The molecule has 2 aromatic heterocycles. The molecule has 310 valence electrons. The first-order valence-corrected chi connectivity index (χ1v) is 24.1. The number of rotatable bonds is 11. The van der Waals surface area contributed by atoms with Gasteiger partial charge in [-0.3, -0.25) is 9.59 Å². The lowest BCUT2D eigenvalue weighted by Crippen LogP contribution is -2.52. The molecule has 3 aromatic carbocycles. The van der Waals surface area contributed by atoms with Crippen LogP contribution in [0.1, 0.15) is 69.7 Å². The molecule has 4 N–H and O–H groups in total. The predicted octanol–water partition coefficient (Wildman–Crippen LogP) is 7.47. The number of likely N-dealkylation sites (tertiary alicyclic amines) is 1. The number of nitrogens with one attached hydrogen (secondary N) is 4. The summed E-state index contributed by atoms with van der Waals surface area (Å²) in [4.78, 5) is 72.6. The zero-order valence-electron chi connectivity index (χ0n) is 34.6. The minimum atomic E-state index is -1.77. The summed E-state index contributed by atoms with van der Waals surface area (Å²) in [5.74, 6) is 1.66. The first kappa shape index (κ1) is 40.1. The van der Waals surface area contributed by atoms with Crippen LogP contribution in [-0.2, 0) is 19.1 Å². The third-order valence-corrected chi connectivity index (χ3v) is 14.9. The topological polar surface area (TPSA) is 175 Å². The first-order chi connectivity index (χ1) is 28.3. The van der Waals surface area contributed by atoms with Gasteiger partial charge in [-0.2, -0.15) is 0 Å². The summed E-state index contributed by atoms with van der Waals surface area (Å²) in [7, 11) is 0.848. The lowest BCUT2D eigenvalue weighted by atomic mass is 9.99. The van der Waals surface area contributed by atoms with Gasteiger partial charge in [0.1, 0.15) is 23.7 Å². The summed E-state index contributed by atoms with van der Waals surface area (Å²) < 4.78 is 9.65. The largest absolute Gasteiger partial charge is 0.453 e. The molecule has 2 aliphatic heterocycles. The molecule has 5 aromatic rings. The van der Waals surface area contributed by atoms with Gasteiger partial charge in [0.15, 0.2) is 0 Å². The number of amides is 4. The second-order valence-electron chi connectivity index (χ2n) is 17.5. The number of hydrogen-bond acceptors (Lipinski definition) is 8. The first-order valence-electron chi connectivity index (χ1n) is 20.7. The molecular formula is C44H54N8O6Si. The number of ether oxygens (including phenoxy) is 2. The maximum Gasteiger partial charge on any atom is 0.407 e. The molecule has 59 heavy (non-hydrogen) atoms. The summed E-state index contributed by atoms with van der Waals surface area (Å²) in [6, 6.07) is 18.1. The van der Waals surface area contributed by atoms with Crippen molar-refractivity contribution in [1.29, 1.82) is 0 Å². The van der Waals surface area contributed by atoms with Gasteiger partial charge in [0.25, 0.3) is 0 Å². The van der Waals surface area contributed by atoms with Crippen LogP contribution in [-0.4, -0.2) is 101 Å². The van der Waals surface area contributed by atoms with Crippen LogP contribution >= 0.6 is 0 Å². The van der Waals surface area contributed by atoms with Gasteiger partial charge in [0.05, 0.1) is 57.3 Å². The van der Waals surface area contributed by atoms with Gasteiger partial charge in [0.2, 0.25) is 11.8 Å². The highest BCUT2D eigenvalue weighted by molar-refractivity contribution is 6.78. The Balaban J connectivity index is 0.990. The van der Waals surface area contributed by atoms with Crippen molar-refractivity contribution in [3.63, 3.8) is 0 Å². The molecule has 15 heteroatoms. The van der Waals surface area contributed by atoms with Crippen molar-refractivity contribution < 1.29 is 28.7 Å². The molecule has 4 atom stereocenters. The van der Waals surface area contributed by atoms with Gasteiger partial charge in [-0.25, -0.2) is 19.6 Å². The Morgan fingerprint density at radius 1 is 0.831 bits per heavy atom. The molecule has 1 aliphatic carbocycles. The van der Waals surface area contributed by atoms with Gasteiger partial charge < -0.3 is 39.9 Å². The number of aromatic amines is 2. The zero-order valence-corrected chi connectivity index (χ0v) is 35.6. The monoisotopic (exact) mass is 818 g/mol. The summed E-state index contributed by atoms with van der Waals surface area (Å²) in [6.45, 7) is 9.05. The lowest BCUT2D eigenvalue weighted by Gasteiger charge is -2.30. The molecule has 2 saturated heterocycles. The fraction of sp³-hybridized carbons (Fsp3) is 0.455. The van der Waals surface area contributed by atoms with E-state index in [-0.39, 0.29) is 29.8 Å². The van der Waals surface area contributed by atoms with Crippen LogP contribution < -0.4 is 10.6 Å². The Morgan fingerprint density at radius 2 is 1.54 bits per heavy atom. The highest BCUT2D eigenvalue weighted by Gasteiger charge is 2.46. The third-order valence-electron chi connectivity index (χ3n) is 12.2. The SMILES string of the molecule is COC(=O)N[C@@H](CC1CC1)C(=O)N1CCC[C@H]1c1ncc(-c2ccc(-c3ccc4c(ccc5[nH]c([C@H]6C[Si](C)(C)CN6C(=O)[C@H](NC(=O)OC)C(C)C)nc54)c3)cc2)[nH]1. The Hall–Kier alpha value is -5.70. The molecular weight excluding hydrogens is 765 g/mol. The number of alkyl carbamates (subject to hydrolysis) is 2. The van der Waals surface area contributed by atoms with Crippen LogP contribution in [0.25, 0.3) is 44.2 Å². The van der Waals surface area contributed by atoms with E-state index in [4.69, 9.17) is 19.4 Å². The van der Waals surface area contributed by atoms with E-state index >= 15 is 0 Å². The maximum absolute atomic E-state index is 14.0. The predicted molar refractivity (Wildman–Crippen MR) is 228 cm³/mol. The molecule has 4 amide bonds. The van der Waals surface area contributed by atoms with Crippen LogP contribution in [0.15, 0.2) is 60.8 Å². The van der Waals surface area contributed by atoms with Crippen molar-refractivity contribution in [2.75, 3.05) is 26.9 Å². The average Bonchev–Trinajstić information content (AvgIpc) is 3.62. The number of methoxy groups -OCH3 is 2. The van der Waals surface area contributed by atoms with E-state index in [2.05, 4.69) is 88.3 Å².